The molecule has 0 heterocycles. The summed E-state index contributed by atoms with van der Waals surface area (Å²) in [5, 5.41) is 0. The van der Waals surface area contributed by atoms with Gasteiger partial charge in [0.15, 0.2) is 0 Å². The maximum absolute atomic E-state index is 11.5. The highest BCUT2D eigenvalue weighted by atomic mass is 32.2. The van der Waals surface area contributed by atoms with E-state index in [0.717, 1.165) is 6.42 Å². The summed E-state index contributed by atoms with van der Waals surface area (Å²) in [5.74, 6) is 0.572. The Kier molecular flexibility index (Phi) is 7.91. The van der Waals surface area contributed by atoms with Crippen molar-refractivity contribution in [1.29, 1.82) is 0 Å². The SMILES string of the molecule is COCCCS(=O)(=O)NCC(N)CC(C)C. The van der Waals surface area contributed by atoms with E-state index in [2.05, 4.69) is 18.6 Å². The van der Waals surface area contributed by atoms with Crippen molar-refractivity contribution in [3.8, 4) is 0 Å². The molecule has 0 amide bonds. The standard InChI is InChI=1S/C10H24N2O3S/c1-9(2)7-10(11)8-12-16(13,14)6-4-5-15-3/h9-10,12H,4-8,11H2,1-3H3. The average molecular weight is 252 g/mol. The molecule has 5 nitrogen and oxygen atoms in total. The molecule has 0 saturated carbocycles. The molecule has 0 fully saturated rings. The lowest BCUT2D eigenvalue weighted by molar-refractivity contribution is 0.199. The second kappa shape index (κ2) is 8.00. The summed E-state index contributed by atoms with van der Waals surface area (Å²) in [7, 11) is -1.64. The molecule has 16 heavy (non-hydrogen) atoms. The highest BCUT2D eigenvalue weighted by Crippen LogP contribution is 2.02. The molecule has 1 atom stereocenters. The fourth-order valence-electron chi connectivity index (χ4n) is 1.39. The minimum absolute atomic E-state index is 0.0925. The summed E-state index contributed by atoms with van der Waals surface area (Å²) in [6.07, 6.45) is 1.33. The molecule has 0 bridgehead atoms. The zero-order valence-corrected chi connectivity index (χ0v) is 11.2. The van der Waals surface area contributed by atoms with Gasteiger partial charge >= 0.3 is 0 Å². The van der Waals surface area contributed by atoms with Gasteiger partial charge in [-0.05, 0) is 18.8 Å². The summed E-state index contributed by atoms with van der Waals surface area (Å²) in [5.41, 5.74) is 5.79. The lowest BCUT2D eigenvalue weighted by Crippen LogP contribution is -2.39. The van der Waals surface area contributed by atoms with Crippen LogP contribution in [0.3, 0.4) is 0 Å². The van der Waals surface area contributed by atoms with Gasteiger partial charge in [-0.25, -0.2) is 13.1 Å². The zero-order valence-electron chi connectivity index (χ0n) is 10.4. The molecule has 6 heteroatoms. The minimum Gasteiger partial charge on any atom is -0.385 e. The lowest BCUT2D eigenvalue weighted by atomic mass is 10.1. The van der Waals surface area contributed by atoms with Crippen LogP contribution < -0.4 is 10.5 Å². The van der Waals surface area contributed by atoms with E-state index < -0.39 is 10.0 Å². The Bertz CT molecular complexity index is 265. The maximum atomic E-state index is 11.5. The van der Waals surface area contributed by atoms with E-state index in [1.54, 1.807) is 7.11 Å². The van der Waals surface area contributed by atoms with Crippen molar-refractivity contribution in [2.24, 2.45) is 11.7 Å². The number of rotatable bonds is 9. The van der Waals surface area contributed by atoms with Crippen molar-refractivity contribution in [1.82, 2.24) is 4.72 Å². The molecule has 0 saturated heterocycles. The number of nitrogens with two attached hydrogens (primary N) is 1. The summed E-state index contributed by atoms with van der Waals surface area (Å²) < 4.78 is 30.3. The van der Waals surface area contributed by atoms with Crippen LogP contribution in [0.25, 0.3) is 0 Å². The van der Waals surface area contributed by atoms with Gasteiger partial charge in [0.25, 0.3) is 0 Å². The number of sulfonamides is 1. The lowest BCUT2D eigenvalue weighted by Gasteiger charge is -2.14. The maximum Gasteiger partial charge on any atom is 0.211 e. The summed E-state index contributed by atoms with van der Waals surface area (Å²) in [6.45, 7) is 4.90. The molecule has 0 radical (unpaired) electrons. The average Bonchev–Trinajstić information content (AvgIpc) is 2.14. The fraction of sp³-hybridized carbons (Fsp3) is 1.00. The van der Waals surface area contributed by atoms with E-state index in [9.17, 15) is 8.42 Å². The van der Waals surface area contributed by atoms with E-state index >= 15 is 0 Å². The Hall–Kier alpha value is -0.170. The first kappa shape index (κ1) is 15.8. The Balaban J connectivity index is 3.81. The van der Waals surface area contributed by atoms with E-state index in [-0.39, 0.29) is 11.8 Å². The number of hydrogen-bond acceptors (Lipinski definition) is 4. The number of methoxy groups -OCH3 is 1. The van der Waals surface area contributed by atoms with Crippen LogP contribution in [0.4, 0.5) is 0 Å². The second-order valence-corrected chi connectivity index (χ2v) is 6.33. The van der Waals surface area contributed by atoms with Crippen LogP contribution in [0.1, 0.15) is 26.7 Å². The third-order valence-electron chi connectivity index (χ3n) is 2.10. The van der Waals surface area contributed by atoms with Gasteiger partial charge in [-0.2, -0.15) is 0 Å². The largest absolute Gasteiger partial charge is 0.385 e. The van der Waals surface area contributed by atoms with Crippen LogP contribution in [-0.4, -0.2) is 40.5 Å². The third kappa shape index (κ3) is 9.08. The molecule has 1 unspecified atom stereocenters. The molecule has 0 rings (SSSR count). The van der Waals surface area contributed by atoms with Gasteiger partial charge in [0.05, 0.1) is 5.75 Å². The van der Waals surface area contributed by atoms with Crippen LogP contribution in [0.5, 0.6) is 0 Å². The van der Waals surface area contributed by atoms with Gasteiger partial charge < -0.3 is 10.5 Å². The van der Waals surface area contributed by atoms with Crippen LogP contribution in [0.15, 0.2) is 0 Å². The predicted molar refractivity (Wildman–Crippen MR) is 65.7 cm³/mol. The van der Waals surface area contributed by atoms with Crippen molar-refractivity contribution >= 4 is 10.0 Å². The first-order valence-electron chi connectivity index (χ1n) is 5.59. The fourth-order valence-corrected chi connectivity index (χ4v) is 2.50. The number of nitrogens with one attached hydrogen (secondary N) is 1. The van der Waals surface area contributed by atoms with Crippen LogP contribution in [0, 0.1) is 5.92 Å². The summed E-state index contributed by atoms with van der Waals surface area (Å²) >= 11 is 0. The summed E-state index contributed by atoms with van der Waals surface area (Å²) in [4.78, 5) is 0. The highest BCUT2D eigenvalue weighted by Gasteiger charge is 2.12. The zero-order chi connectivity index (χ0) is 12.6. The third-order valence-corrected chi connectivity index (χ3v) is 3.53. The Morgan fingerprint density at radius 3 is 2.50 bits per heavy atom. The molecule has 0 aliphatic carbocycles. The van der Waals surface area contributed by atoms with E-state index in [4.69, 9.17) is 10.5 Å². The number of ether oxygens (including phenoxy) is 1. The van der Waals surface area contributed by atoms with Gasteiger partial charge in [0.1, 0.15) is 0 Å². The van der Waals surface area contributed by atoms with Gasteiger partial charge in [-0.15, -0.1) is 0 Å². The quantitative estimate of drug-likeness (QED) is 0.579. The first-order chi connectivity index (χ1) is 7.37. The van der Waals surface area contributed by atoms with Crippen LogP contribution in [0.2, 0.25) is 0 Å². The van der Waals surface area contributed by atoms with Crippen LogP contribution in [-0.2, 0) is 14.8 Å². The van der Waals surface area contributed by atoms with Gasteiger partial charge in [0.2, 0.25) is 10.0 Å². The van der Waals surface area contributed by atoms with Gasteiger partial charge in [-0.1, -0.05) is 13.8 Å². The highest BCUT2D eigenvalue weighted by molar-refractivity contribution is 7.89. The molecule has 0 aliphatic rings. The Morgan fingerprint density at radius 2 is 2.00 bits per heavy atom. The number of hydrogen-bond donors (Lipinski definition) is 2. The minimum atomic E-state index is -3.19. The Morgan fingerprint density at radius 1 is 1.38 bits per heavy atom. The van der Waals surface area contributed by atoms with Gasteiger partial charge in [-0.3, -0.25) is 0 Å². The molecular weight excluding hydrogens is 228 g/mol. The van der Waals surface area contributed by atoms with E-state index in [0.29, 0.717) is 25.5 Å². The Labute approximate surface area is 98.8 Å². The topological polar surface area (TPSA) is 81.4 Å². The first-order valence-corrected chi connectivity index (χ1v) is 7.24. The molecular formula is C10H24N2O3S. The van der Waals surface area contributed by atoms with Crippen molar-refractivity contribution in [2.45, 2.75) is 32.7 Å². The monoisotopic (exact) mass is 252 g/mol. The molecule has 0 aromatic heterocycles. The molecule has 0 aromatic carbocycles. The van der Waals surface area contributed by atoms with Gasteiger partial charge in [0, 0.05) is 26.3 Å². The van der Waals surface area contributed by atoms with E-state index in [1.165, 1.54) is 0 Å². The normalized spacial score (nSPS) is 14.3. The van der Waals surface area contributed by atoms with Crippen molar-refractivity contribution in [3.63, 3.8) is 0 Å². The molecule has 0 aromatic rings. The van der Waals surface area contributed by atoms with Crippen LogP contribution >= 0.6 is 0 Å². The second-order valence-electron chi connectivity index (χ2n) is 4.40. The smallest absolute Gasteiger partial charge is 0.211 e. The molecule has 3 N–H and O–H groups in total. The summed E-state index contributed by atoms with van der Waals surface area (Å²) in [6, 6.07) is -0.114. The molecule has 0 aliphatic heterocycles. The van der Waals surface area contributed by atoms with E-state index in [1.807, 2.05) is 0 Å². The van der Waals surface area contributed by atoms with Crippen molar-refractivity contribution in [3.05, 3.63) is 0 Å². The molecule has 0 spiro atoms. The van der Waals surface area contributed by atoms with Crippen molar-refractivity contribution < 1.29 is 13.2 Å². The molecule has 98 valence electrons. The predicted octanol–water partition coefficient (Wildman–Crippen LogP) is 0.316. The van der Waals surface area contributed by atoms with Crippen molar-refractivity contribution in [2.75, 3.05) is 26.0 Å².